The van der Waals surface area contributed by atoms with Gasteiger partial charge in [0, 0.05) is 10.8 Å². The lowest BCUT2D eigenvalue weighted by atomic mass is 10.1. The highest BCUT2D eigenvalue weighted by Gasteiger charge is 2.33. The lowest BCUT2D eigenvalue weighted by molar-refractivity contribution is -0.0731. The fraction of sp³-hybridized carbons (Fsp3) is 0.312. The maximum absolute atomic E-state index is 12.9. The number of furan rings is 1. The fourth-order valence-corrected chi connectivity index (χ4v) is 3.62. The van der Waals surface area contributed by atoms with Gasteiger partial charge in [0.25, 0.3) is 0 Å². The minimum atomic E-state index is -0.831. The number of primary amides is 1. The van der Waals surface area contributed by atoms with Crippen LogP contribution < -0.4 is 5.73 Å². The van der Waals surface area contributed by atoms with E-state index in [-0.39, 0.29) is 17.8 Å². The first-order valence-electron chi connectivity index (χ1n) is 7.33. The predicted octanol–water partition coefficient (Wildman–Crippen LogP) is 3.98. The average Bonchev–Trinajstić information content (AvgIpc) is 3.17. The second-order valence-corrected chi connectivity index (χ2v) is 6.64. The van der Waals surface area contributed by atoms with Crippen molar-refractivity contribution in [2.75, 3.05) is 0 Å². The van der Waals surface area contributed by atoms with Gasteiger partial charge in [0.2, 0.25) is 0 Å². The molecule has 1 aliphatic rings. The Morgan fingerprint density at radius 1 is 1.26 bits per heavy atom. The molecule has 2 unspecified atom stereocenters. The number of carbonyl (C=O) groups is 1. The Hall–Kier alpha value is -1.99. The zero-order chi connectivity index (χ0) is 16.4. The molecule has 5 nitrogen and oxygen atoms in total. The number of nitrogens with two attached hydrogens (primary N) is 1. The fourth-order valence-electron chi connectivity index (χ4n) is 2.85. The Kier molecular flexibility index (Phi) is 4.58. The molecular weight excluding hydrogens is 319 g/mol. The van der Waals surface area contributed by atoms with Crippen LogP contribution in [0.15, 0.2) is 50.8 Å². The summed E-state index contributed by atoms with van der Waals surface area (Å²) < 4.78 is 18.7. The topological polar surface area (TPSA) is 79.7 Å². The van der Waals surface area contributed by atoms with E-state index in [9.17, 15) is 14.4 Å². The van der Waals surface area contributed by atoms with Gasteiger partial charge in [-0.2, -0.15) is 0 Å². The van der Waals surface area contributed by atoms with Gasteiger partial charge in [-0.25, -0.2) is 14.2 Å². The molecule has 23 heavy (non-hydrogen) atoms. The van der Waals surface area contributed by atoms with Crippen molar-refractivity contribution in [2.45, 2.75) is 41.2 Å². The summed E-state index contributed by atoms with van der Waals surface area (Å²) in [5.41, 5.74) is 5.08. The molecule has 2 atom stereocenters. The smallest absolute Gasteiger partial charge is 0.338 e. The third-order valence-electron chi connectivity index (χ3n) is 4.01. The normalized spacial score (nSPS) is 20.6. The van der Waals surface area contributed by atoms with Gasteiger partial charge in [-0.05, 0) is 55.7 Å². The van der Waals surface area contributed by atoms with Crippen LogP contribution in [0.2, 0.25) is 0 Å². The summed E-state index contributed by atoms with van der Waals surface area (Å²) in [4.78, 5) is 11.9. The van der Waals surface area contributed by atoms with E-state index in [0.717, 1.165) is 22.2 Å². The number of hydrogen-bond donors (Lipinski definition) is 2. The number of benzene rings is 1. The third kappa shape index (κ3) is 3.68. The molecule has 1 aliphatic carbocycles. The molecule has 1 heterocycles. The van der Waals surface area contributed by atoms with Gasteiger partial charge in [-0.3, -0.25) is 5.21 Å². The summed E-state index contributed by atoms with van der Waals surface area (Å²) in [6.45, 7) is 0. The molecule has 0 bridgehead atoms. The molecule has 1 saturated carbocycles. The largest absolute Gasteiger partial charge is 0.454 e. The molecule has 0 saturated heterocycles. The van der Waals surface area contributed by atoms with Crippen molar-refractivity contribution in [1.82, 2.24) is 5.06 Å². The van der Waals surface area contributed by atoms with E-state index in [1.54, 1.807) is 12.1 Å². The summed E-state index contributed by atoms with van der Waals surface area (Å²) in [7, 11) is 0. The van der Waals surface area contributed by atoms with Crippen molar-refractivity contribution in [3.63, 3.8) is 0 Å². The summed E-state index contributed by atoms with van der Waals surface area (Å²) >= 11 is 1.42. The number of halogens is 1. The average molecular weight is 336 g/mol. The SMILES string of the molecule is NC(=O)N(O)C1CCC(c2ccc(Sc3ccc(F)cc3)o2)C1. The molecule has 3 N–H and O–H groups in total. The molecule has 0 radical (unpaired) electrons. The minimum absolute atomic E-state index is 0.150. The molecule has 7 heteroatoms. The molecule has 0 spiro atoms. The van der Waals surface area contributed by atoms with E-state index in [0.29, 0.717) is 17.9 Å². The van der Waals surface area contributed by atoms with Crippen molar-refractivity contribution in [3.05, 3.63) is 48.0 Å². The third-order valence-corrected chi connectivity index (χ3v) is 4.94. The summed E-state index contributed by atoms with van der Waals surface area (Å²) in [6.07, 6.45) is 2.13. The van der Waals surface area contributed by atoms with E-state index in [1.165, 1.54) is 23.9 Å². The summed E-state index contributed by atoms with van der Waals surface area (Å²) in [5, 5.41) is 10.9. The van der Waals surface area contributed by atoms with Crippen LogP contribution in [0, 0.1) is 5.82 Å². The molecule has 1 aromatic carbocycles. The van der Waals surface area contributed by atoms with E-state index >= 15 is 0 Å². The summed E-state index contributed by atoms with van der Waals surface area (Å²) in [6, 6.07) is 8.90. The number of hydroxylamine groups is 2. The quantitative estimate of drug-likeness (QED) is 0.654. The number of hydrogen-bond acceptors (Lipinski definition) is 4. The lowest BCUT2D eigenvalue weighted by Crippen LogP contribution is -2.39. The van der Waals surface area contributed by atoms with Crippen molar-refractivity contribution < 1.29 is 18.8 Å². The van der Waals surface area contributed by atoms with Gasteiger partial charge in [0.1, 0.15) is 11.6 Å². The Morgan fingerprint density at radius 2 is 2.00 bits per heavy atom. The molecule has 122 valence electrons. The van der Waals surface area contributed by atoms with Gasteiger partial charge in [-0.15, -0.1) is 0 Å². The van der Waals surface area contributed by atoms with Gasteiger partial charge >= 0.3 is 6.03 Å². The Morgan fingerprint density at radius 3 is 2.70 bits per heavy atom. The van der Waals surface area contributed by atoms with Crippen molar-refractivity contribution >= 4 is 17.8 Å². The standard InChI is InChI=1S/C16H17FN2O3S/c17-11-2-5-13(6-3-11)23-15-8-7-14(22-15)10-1-4-12(9-10)19(21)16(18)20/h2-3,5-8,10,12,21H,1,4,9H2,(H2,18,20). The van der Waals surface area contributed by atoms with Crippen molar-refractivity contribution in [3.8, 4) is 0 Å². The van der Waals surface area contributed by atoms with Crippen LogP contribution in [0.4, 0.5) is 9.18 Å². The molecular formula is C16H17FN2O3S. The van der Waals surface area contributed by atoms with E-state index < -0.39 is 6.03 Å². The van der Waals surface area contributed by atoms with Crippen LogP contribution in [-0.2, 0) is 0 Å². The van der Waals surface area contributed by atoms with Crippen LogP contribution in [0.5, 0.6) is 0 Å². The van der Waals surface area contributed by atoms with Gasteiger partial charge in [0.05, 0.1) is 6.04 Å². The van der Waals surface area contributed by atoms with Crippen LogP contribution in [0.1, 0.15) is 30.9 Å². The second-order valence-electron chi connectivity index (χ2n) is 5.56. The highest BCUT2D eigenvalue weighted by atomic mass is 32.2. The molecule has 3 rings (SSSR count). The molecule has 1 fully saturated rings. The van der Waals surface area contributed by atoms with Crippen LogP contribution in [-0.4, -0.2) is 22.3 Å². The number of rotatable bonds is 4. The Labute approximate surface area is 137 Å². The number of amides is 2. The zero-order valence-electron chi connectivity index (χ0n) is 12.3. The maximum Gasteiger partial charge on any atom is 0.338 e. The number of carbonyl (C=O) groups excluding carboxylic acids is 1. The molecule has 0 aliphatic heterocycles. The van der Waals surface area contributed by atoms with E-state index in [2.05, 4.69) is 0 Å². The van der Waals surface area contributed by atoms with Gasteiger partial charge in [0.15, 0.2) is 5.09 Å². The minimum Gasteiger partial charge on any atom is -0.454 e. The highest BCUT2D eigenvalue weighted by molar-refractivity contribution is 7.99. The van der Waals surface area contributed by atoms with E-state index in [4.69, 9.17) is 10.2 Å². The maximum atomic E-state index is 12.9. The van der Waals surface area contributed by atoms with Gasteiger partial charge in [-0.1, -0.05) is 11.8 Å². The van der Waals surface area contributed by atoms with Gasteiger partial charge < -0.3 is 10.2 Å². The Bertz CT molecular complexity index is 689. The van der Waals surface area contributed by atoms with Crippen LogP contribution in [0.25, 0.3) is 0 Å². The van der Waals surface area contributed by atoms with Crippen molar-refractivity contribution in [2.24, 2.45) is 5.73 Å². The summed E-state index contributed by atoms with van der Waals surface area (Å²) in [5.74, 6) is 0.709. The highest BCUT2D eigenvalue weighted by Crippen LogP contribution is 2.39. The molecule has 2 amide bonds. The first kappa shape index (κ1) is 15.9. The second kappa shape index (κ2) is 6.64. The number of urea groups is 1. The molecule has 1 aromatic heterocycles. The van der Waals surface area contributed by atoms with Crippen molar-refractivity contribution in [1.29, 1.82) is 0 Å². The lowest BCUT2D eigenvalue weighted by Gasteiger charge is -2.19. The number of nitrogens with zero attached hydrogens (tertiary/aromatic N) is 1. The van der Waals surface area contributed by atoms with Crippen LogP contribution >= 0.6 is 11.8 Å². The van der Waals surface area contributed by atoms with E-state index in [1.807, 2.05) is 12.1 Å². The van der Waals surface area contributed by atoms with Crippen LogP contribution in [0.3, 0.4) is 0 Å². The monoisotopic (exact) mass is 336 g/mol. The first-order valence-corrected chi connectivity index (χ1v) is 8.15. The molecule has 2 aromatic rings. The first-order chi connectivity index (χ1) is 11.0. The zero-order valence-corrected chi connectivity index (χ0v) is 13.1. The Balaban J connectivity index is 1.63. The predicted molar refractivity (Wildman–Crippen MR) is 82.8 cm³/mol.